The largest absolute Gasteiger partial charge is 0.0928 e. The van der Waals surface area contributed by atoms with Crippen molar-refractivity contribution in [1.29, 1.82) is 0 Å². The molecule has 72 valence electrons. The van der Waals surface area contributed by atoms with Crippen molar-refractivity contribution in [2.75, 3.05) is 10.7 Å². The van der Waals surface area contributed by atoms with Crippen LogP contribution >= 0.6 is 31.9 Å². The van der Waals surface area contributed by atoms with Gasteiger partial charge in [0.25, 0.3) is 0 Å². The lowest BCUT2D eigenvalue weighted by atomic mass is 10.2. The van der Waals surface area contributed by atoms with Crippen molar-refractivity contribution >= 4 is 31.9 Å². The molecule has 0 spiro atoms. The van der Waals surface area contributed by atoms with Gasteiger partial charge in [0.1, 0.15) is 0 Å². The molecule has 0 aliphatic rings. The molecule has 0 rings (SSSR count). The molecule has 0 aromatic heterocycles. The first-order valence-electron chi connectivity index (χ1n) is 4.68. The highest BCUT2D eigenvalue weighted by molar-refractivity contribution is 9.09. The molecule has 0 N–H and O–H groups in total. The van der Waals surface area contributed by atoms with Gasteiger partial charge in [0.15, 0.2) is 0 Å². The first kappa shape index (κ1) is 12.7. The number of unbranched alkanes of at least 4 members (excludes halogenated alkanes) is 4. The smallest absolute Gasteiger partial charge is 0.00314 e. The molecule has 0 atom stereocenters. The minimum atomic E-state index is 1.14. The van der Waals surface area contributed by atoms with E-state index in [1.54, 1.807) is 0 Å². The van der Waals surface area contributed by atoms with Gasteiger partial charge in [0.05, 0.1) is 0 Å². The Morgan fingerprint density at radius 2 is 1.08 bits per heavy atom. The molecule has 0 aliphatic heterocycles. The topological polar surface area (TPSA) is 0 Å². The fourth-order valence-electron chi connectivity index (χ4n) is 0.949. The number of halogens is 2. The summed E-state index contributed by atoms with van der Waals surface area (Å²) in [6.07, 6.45) is 12.4. The molecule has 2 heteroatoms. The summed E-state index contributed by atoms with van der Waals surface area (Å²) in [5.41, 5.74) is 0. The Kier molecular flexibility index (Phi) is 12.4. The monoisotopic (exact) mass is 296 g/mol. The molecule has 0 saturated carbocycles. The summed E-state index contributed by atoms with van der Waals surface area (Å²) in [6, 6.07) is 0. The van der Waals surface area contributed by atoms with E-state index >= 15 is 0 Å². The van der Waals surface area contributed by atoms with Gasteiger partial charge in [-0.25, -0.2) is 0 Å². The van der Waals surface area contributed by atoms with Crippen LogP contribution in [0, 0.1) is 0 Å². The highest BCUT2D eigenvalue weighted by Crippen LogP contribution is 2.02. The van der Waals surface area contributed by atoms with Crippen LogP contribution in [-0.2, 0) is 0 Å². The standard InChI is InChI=1S/C10H18Br2/c11-9-7-5-3-1-2-4-6-8-10-12/h1-2H,3-10H2. The molecule has 12 heavy (non-hydrogen) atoms. The van der Waals surface area contributed by atoms with Crippen LogP contribution in [0.15, 0.2) is 12.2 Å². The van der Waals surface area contributed by atoms with Gasteiger partial charge < -0.3 is 0 Å². The predicted octanol–water partition coefficient (Wildman–Crippen LogP) is 4.67. The van der Waals surface area contributed by atoms with Gasteiger partial charge in [0.2, 0.25) is 0 Å². The molecule has 0 aliphatic carbocycles. The summed E-state index contributed by atoms with van der Waals surface area (Å²) in [6.45, 7) is 0. The van der Waals surface area contributed by atoms with Crippen LogP contribution in [0.4, 0.5) is 0 Å². The van der Waals surface area contributed by atoms with Gasteiger partial charge >= 0.3 is 0 Å². The zero-order valence-electron chi connectivity index (χ0n) is 7.57. The van der Waals surface area contributed by atoms with Crippen LogP contribution in [0.3, 0.4) is 0 Å². The highest BCUT2D eigenvalue weighted by atomic mass is 79.9. The van der Waals surface area contributed by atoms with Crippen molar-refractivity contribution < 1.29 is 0 Å². The first-order valence-corrected chi connectivity index (χ1v) is 6.93. The fraction of sp³-hybridized carbons (Fsp3) is 0.800. The van der Waals surface area contributed by atoms with Crippen LogP contribution in [0.5, 0.6) is 0 Å². The molecule has 0 unspecified atom stereocenters. The van der Waals surface area contributed by atoms with E-state index < -0.39 is 0 Å². The maximum atomic E-state index is 3.42. The van der Waals surface area contributed by atoms with Crippen molar-refractivity contribution in [3.05, 3.63) is 12.2 Å². The van der Waals surface area contributed by atoms with Gasteiger partial charge in [-0.3, -0.25) is 0 Å². The minimum absolute atomic E-state index is 1.14. The van der Waals surface area contributed by atoms with Crippen LogP contribution in [0.2, 0.25) is 0 Å². The summed E-state index contributed by atoms with van der Waals surface area (Å²) in [5, 5.41) is 2.29. The maximum Gasteiger partial charge on any atom is 0.00314 e. The summed E-state index contributed by atoms with van der Waals surface area (Å²) in [4.78, 5) is 0. The second-order valence-corrected chi connectivity index (χ2v) is 4.43. The summed E-state index contributed by atoms with van der Waals surface area (Å²) in [5.74, 6) is 0. The summed E-state index contributed by atoms with van der Waals surface area (Å²) in [7, 11) is 0. The zero-order chi connectivity index (χ0) is 9.07. The van der Waals surface area contributed by atoms with Crippen LogP contribution in [-0.4, -0.2) is 10.7 Å². The SMILES string of the molecule is BrCCCCC=CCCCCBr. The maximum absolute atomic E-state index is 3.42. The van der Waals surface area contributed by atoms with E-state index in [0.717, 1.165) is 10.7 Å². The Morgan fingerprint density at radius 3 is 1.42 bits per heavy atom. The molecule has 0 nitrogen and oxygen atoms in total. The molecule has 0 saturated heterocycles. The van der Waals surface area contributed by atoms with Gasteiger partial charge in [0, 0.05) is 10.7 Å². The second kappa shape index (κ2) is 11.7. The lowest BCUT2D eigenvalue weighted by molar-refractivity contribution is 0.804. The van der Waals surface area contributed by atoms with E-state index in [1.165, 1.54) is 38.5 Å². The lowest BCUT2D eigenvalue weighted by Gasteiger charge is -1.92. The van der Waals surface area contributed by atoms with E-state index in [0.29, 0.717) is 0 Å². The van der Waals surface area contributed by atoms with Crippen molar-refractivity contribution in [1.82, 2.24) is 0 Å². The second-order valence-electron chi connectivity index (χ2n) is 2.84. The average molecular weight is 298 g/mol. The molecule has 0 radical (unpaired) electrons. The van der Waals surface area contributed by atoms with E-state index in [-0.39, 0.29) is 0 Å². The number of hydrogen-bond acceptors (Lipinski definition) is 0. The molecule has 0 heterocycles. The van der Waals surface area contributed by atoms with E-state index in [1.807, 2.05) is 0 Å². The van der Waals surface area contributed by atoms with Crippen LogP contribution in [0.1, 0.15) is 38.5 Å². The Morgan fingerprint density at radius 1 is 0.667 bits per heavy atom. The molecular weight excluding hydrogens is 280 g/mol. The van der Waals surface area contributed by atoms with E-state index in [4.69, 9.17) is 0 Å². The van der Waals surface area contributed by atoms with Gasteiger partial charge in [-0.15, -0.1) is 0 Å². The van der Waals surface area contributed by atoms with Gasteiger partial charge in [-0.2, -0.15) is 0 Å². The third kappa shape index (κ3) is 10.7. The predicted molar refractivity (Wildman–Crippen MR) is 64.4 cm³/mol. The Bertz CT molecular complexity index is 88.0. The Labute approximate surface area is 93.1 Å². The van der Waals surface area contributed by atoms with Crippen LogP contribution < -0.4 is 0 Å². The normalized spacial score (nSPS) is 11.2. The number of allylic oxidation sites excluding steroid dienone is 2. The fourth-order valence-corrected chi connectivity index (χ4v) is 1.74. The molecule has 0 bridgehead atoms. The third-order valence-corrected chi connectivity index (χ3v) is 2.80. The van der Waals surface area contributed by atoms with Gasteiger partial charge in [-0.1, -0.05) is 44.0 Å². The van der Waals surface area contributed by atoms with Crippen LogP contribution in [0.25, 0.3) is 0 Å². The Balaban J connectivity index is 2.93. The first-order chi connectivity index (χ1) is 5.91. The summed E-state index contributed by atoms with van der Waals surface area (Å²) < 4.78 is 0. The summed E-state index contributed by atoms with van der Waals surface area (Å²) >= 11 is 6.85. The van der Waals surface area contributed by atoms with E-state index in [9.17, 15) is 0 Å². The van der Waals surface area contributed by atoms with Crippen molar-refractivity contribution in [3.63, 3.8) is 0 Å². The molecular formula is C10H18Br2. The third-order valence-electron chi connectivity index (χ3n) is 1.68. The van der Waals surface area contributed by atoms with Crippen molar-refractivity contribution in [3.8, 4) is 0 Å². The minimum Gasteiger partial charge on any atom is -0.0928 e. The molecule has 0 amide bonds. The zero-order valence-corrected chi connectivity index (χ0v) is 10.7. The average Bonchev–Trinajstić information content (AvgIpc) is 2.10. The van der Waals surface area contributed by atoms with Crippen molar-refractivity contribution in [2.45, 2.75) is 38.5 Å². The number of alkyl halides is 2. The highest BCUT2D eigenvalue weighted by Gasteiger charge is 1.83. The quantitative estimate of drug-likeness (QED) is 0.347. The molecule has 0 fully saturated rings. The lowest BCUT2D eigenvalue weighted by Crippen LogP contribution is -1.75. The number of hydrogen-bond donors (Lipinski definition) is 0. The molecule has 0 aromatic carbocycles. The molecule has 0 aromatic rings. The van der Waals surface area contributed by atoms with E-state index in [2.05, 4.69) is 44.0 Å². The van der Waals surface area contributed by atoms with Crippen molar-refractivity contribution in [2.24, 2.45) is 0 Å². The number of rotatable bonds is 8. The van der Waals surface area contributed by atoms with Gasteiger partial charge in [-0.05, 0) is 38.5 Å². The Hall–Kier alpha value is 0.700.